The minimum atomic E-state index is -0.242. The van der Waals surface area contributed by atoms with Gasteiger partial charge in [0.05, 0.1) is 12.7 Å². The Hall–Kier alpha value is -0.620. The Labute approximate surface area is 145 Å². The smallest absolute Gasteiger partial charge is 0.239 e. The third-order valence-electron chi connectivity index (χ3n) is 4.50. The summed E-state index contributed by atoms with van der Waals surface area (Å²) in [5.41, 5.74) is 1.40. The third kappa shape index (κ3) is 3.65. The number of benzene rings is 1. The molecule has 0 unspecified atom stereocenters. The second-order valence-corrected chi connectivity index (χ2v) is 6.84. The van der Waals surface area contributed by atoms with Crippen LogP contribution in [0.15, 0.2) is 28.7 Å². The van der Waals surface area contributed by atoms with Gasteiger partial charge in [-0.2, -0.15) is 0 Å². The first-order valence-corrected chi connectivity index (χ1v) is 8.29. The molecule has 122 valence electrons. The van der Waals surface area contributed by atoms with Crippen LogP contribution in [-0.2, 0) is 14.9 Å². The van der Waals surface area contributed by atoms with Gasteiger partial charge in [0.1, 0.15) is 6.04 Å². The normalized spacial score (nSPS) is 25.9. The maximum Gasteiger partial charge on any atom is 0.239 e. The second kappa shape index (κ2) is 7.30. The molecule has 1 heterocycles. The number of halogens is 2. The Balaban J connectivity index is 0.00000176. The number of carbonyl (C=O) groups excluding carboxylic acids is 1. The lowest BCUT2D eigenvalue weighted by atomic mass is 9.95. The third-order valence-corrected chi connectivity index (χ3v) is 5.19. The van der Waals surface area contributed by atoms with Crippen molar-refractivity contribution in [3.8, 4) is 0 Å². The van der Waals surface area contributed by atoms with Crippen molar-refractivity contribution in [1.82, 2.24) is 10.6 Å². The minimum Gasteiger partial charge on any atom is -0.375 e. The van der Waals surface area contributed by atoms with Crippen molar-refractivity contribution in [3.63, 3.8) is 0 Å². The molecule has 1 aliphatic carbocycles. The zero-order chi connectivity index (χ0) is 14.9. The first-order chi connectivity index (χ1) is 10.1. The van der Waals surface area contributed by atoms with Gasteiger partial charge in [0.2, 0.25) is 5.91 Å². The minimum absolute atomic E-state index is 0. The van der Waals surface area contributed by atoms with E-state index in [1.54, 1.807) is 0 Å². The summed E-state index contributed by atoms with van der Waals surface area (Å²) in [5, 5.41) is 6.34. The van der Waals surface area contributed by atoms with Crippen LogP contribution in [0.25, 0.3) is 0 Å². The topological polar surface area (TPSA) is 50.4 Å². The summed E-state index contributed by atoms with van der Waals surface area (Å²) in [6, 6.07) is 8.05. The molecule has 4 nitrogen and oxygen atoms in total. The highest BCUT2D eigenvalue weighted by atomic mass is 79.9. The molecule has 0 spiro atoms. The number of hydrogen-bond acceptors (Lipinski definition) is 3. The molecule has 1 aromatic carbocycles. The molecule has 3 rings (SSSR count). The summed E-state index contributed by atoms with van der Waals surface area (Å²) in [4.78, 5) is 12.3. The van der Waals surface area contributed by atoms with Gasteiger partial charge >= 0.3 is 0 Å². The van der Waals surface area contributed by atoms with Crippen molar-refractivity contribution in [1.29, 1.82) is 0 Å². The van der Waals surface area contributed by atoms with E-state index in [1.165, 1.54) is 5.56 Å². The second-order valence-electron chi connectivity index (χ2n) is 5.99. The lowest BCUT2D eigenvalue weighted by Gasteiger charge is -2.30. The number of morpholine rings is 1. The van der Waals surface area contributed by atoms with Crippen LogP contribution in [0.4, 0.5) is 0 Å². The molecule has 1 saturated carbocycles. The van der Waals surface area contributed by atoms with Crippen molar-refractivity contribution in [2.24, 2.45) is 0 Å². The Morgan fingerprint density at radius 3 is 2.82 bits per heavy atom. The van der Waals surface area contributed by atoms with E-state index in [-0.39, 0.29) is 35.9 Å². The molecule has 2 N–H and O–H groups in total. The monoisotopic (exact) mass is 388 g/mol. The van der Waals surface area contributed by atoms with Crippen LogP contribution in [0.2, 0.25) is 0 Å². The fraction of sp³-hybridized carbons (Fsp3) is 0.562. The summed E-state index contributed by atoms with van der Waals surface area (Å²) in [5.74, 6) is 0.0422. The average Bonchev–Trinajstić information content (AvgIpc) is 3.27. The maximum atomic E-state index is 12.3. The molecule has 2 aliphatic rings. The zero-order valence-corrected chi connectivity index (χ0v) is 15.0. The number of carbonyl (C=O) groups is 1. The van der Waals surface area contributed by atoms with Crippen LogP contribution in [-0.4, -0.2) is 37.7 Å². The molecule has 0 radical (unpaired) electrons. The van der Waals surface area contributed by atoms with Gasteiger partial charge in [-0.1, -0.05) is 34.1 Å². The molecule has 0 aromatic heterocycles. The van der Waals surface area contributed by atoms with E-state index >= 15 is 0 Å². The van der Waals surface area contributed by atoms with Gasteiger partial charge in [-0.3, -0.25) is 4.79 Å². The van der Waals surface area contributed by atoms with E-state index in [9.17, 15) is 4.79 Å². The van der Waals surface area contributed by atoms with Crippen molar-refractivity contribution in [2.75, 3.05) is 19.7 Å². The molecule has 1 saturated heterocycles. The van der Waals surface area contributed by atoms with Gasteiger partial charge in [0.15, 0.2) is 0 Å². The SMILES string of the molecule is C[C@H]1OCCN[C@@H]1C(=O)NCC1(c2ccccc2Br)CC1.Cl. The highest BCUT2D eigenvalue weighted by Gasteiger charge is 2.45. The molecule has 1 aromatic rings. The van der Waals surface area contributed by atoms with Gasteiger partial charge in [-0.25, -0.2) is 0 Å². The lowest BCUT2D eigenvalue weighted by Crippen LogP contribution is -2.56. The van der Waals surface area contributed by atoms with Crippen LogP contribution in [0.5, 0.6) is 0 Å². The quantitative estimate of drug-likeness (QED) is 0.831. The molecule has 2 atom stereocenters. The number of rotatable bonds is 4. The van der Waals surface area contributed by atoms with Crippen LogP contribution in [0, 0.1) is 0 Å². The number of amides is 1. The standard InChI is InChI=1S/C16H21BrN2O2.ClH/c1-11-14(18-8-9-21-11)15(20)19-10-16(6-7-16)12-4-2-3-5-13(12)17;/h2-5,11,14,18H,6-10H2,1H3,(H,19,20);1H/t11-,14+;/m1./s1. The first-order valence-electron chi connectivity index (χ1n) is 7.50. The average molecular weight is 390 g/mol. The summed E-state index contributed by atoms with van der Waals surface area (Å²) in [7, 11) is 0. The predicted molar refractivity (Wildman–Crippen MR) is 92.5 cm³/mol. The molecule has 0 bridgehead atoms. The van der Waals surface area contributed by atoms with Crippen LogP contribution in [0.3, 0.4) is 0 Å². The summed E-state index contributed by atoms with van der Waals surface area (Å²) >= 11 is 3.62. The van der Waals surface area contributed by atoms with Gasteiger partial charge in [0.25, 0.3) is 0 Å². The van der Waals surface area contributed by atoms with Crippen molar-refractivity contribution in [3.05, 3.63) is 34.3 Å². The highest BCUT2D eigenvalue weighted by molar-refractivity contribution is 9.10. The summed E-state index contributed by atoms with van der Waals surface area (Å²) in [6.45, 7) is 4.04. The van der Waals surface area contributed by atoms with Crippen LogP contribution >= 0.6 is 28.3 Å². The Bertz CT molecular complexity index is 537. The first kappa shape index (κ1) is 17.7. The molecule has 1 amide bonds. The highest BCUT2D eigenvalue weighted by Crippen LogP contribution is 2.49. The predicted octanol–water partition coefficient (Wildman–Crippen LogP) is 2.40. The van der Waals surface area contributed by atoms with E-state index in [1.807, 2.05) is 13.0 Å². The number of ether oxygens (including phenoxy) is 1. The molecular formula is C16H22BrClN2O2. The Morgan fingerprint density at radius 1 is 1.45 bits per heavy atom. The zero-order valence-electron chi connectivity index (χ0n) is 12.6. The van der Waals surface area contributed by atoms with Crippen molar-refractivity contribution >= 4 is 34.2 Å². The Morgan fingerprint density at radius 2 is 2.18 bits per heavy atom. The Kier molecular flexibility index (Phi) is 5.88. The van der Waals surface area contributed by atoms with Crippen LogP contribution in [0.1, 0.15) is 25.3 Å². The van der Waals surface area contributed by atoms with Gasteiger partial charge in [-0.15, -0.1) is 12.4 Å². The van der Waals surface area contributed by atoms with E-state index in [0.29, 0.717) is 13.2 Å². The molecule has 1 aliphatic heterocycles. The van der Waals surface area contributed by atoms with Gasteiger partial charge in [-0.05, 0) is 31.4 Å². The maximum absolute atomic E-state index is 12.3. The van der Waals surface area contributed by atoms with E-state index in [4.69, 9.17) is 4.74 Å². The fourth-order valence-electron chi connectivity index (χ4n) is 2.98. The fourth-order valence-corrected chi connectivity index (χ4v) is 3.68. The molecule has 2 fully saturated rings. The molecule has 6 heteroatoms. The van der Waals surface area contributed by atoms with Crippen molar-refractivity contribution in [2.45, 2.75) is 37.3 Å². The number of nitrogens with one attached hydrogen (secondary N) is 2. The van der Waals surface area contributed by atoms with E-state index in [0.717, 1.165) is 23.9 Å². The lowest BCUT2D eigenvalue weighted by molar-refractivity contribution is -0.129. The number of hydrogen-bond donors (Lipinski definition) is 2. The van der Waals surface area contributed by atoms with Gasteiger partial charge in [0, 0.05) is 23.0 Å². The van der Waals surface area contributed by atoms with Crippen molar-refractivity contribution < 1.29 is 9.53 Å². The molecule has 22 heavy (non-hydrogen) atoms. The largest absolute Gasteiger partial charge is 0.375 e. The molecular weight excluding hydrogens is 368 g/mol. The van der Waals surface area contributed by atoms with E-state index in [2.05, 4.69) is 44.8 Å². The van der Waals surface area contributed by atoms with E-state index < -0.39 is 0 Å². The summed E-state index contributed by atoms with van der Waals surface area (Å²) < 4.78 is 6.66. The van der Waals surface area contributed by atoms with Gasteiger partial charge < -0.3 is 15.4 Å². The summed E-state index contributed by atoms with van der Waals surface area (Å²) in [6.07, 6.45) is 2.18. The van der Waals surface area contributed by atoms with Crippen LogP contribution < -0.4 is 10.6 Å².